The third-order valence-corrected chi connectivity index (χ3v) is 1.77. The average Bonchev–Trinajstić information content (AvgIpc) is 2.00. The molecule has 13 heavy (non-hydrogen) atoms. The molecule has 0 N–H and O–H groups in total. The van der Waals surface area contributed by atoms with Crippen molar-refractivity contribution >= 4 is 5.97 Å². The second kappa shape index (κ2) is 10.5. The number of aliphatic carboxylic acids is 1. The van der Waals surface area contributed by atoms with Crippen molar-refractivity contribution in [3.8, 4) is 0 Å². The molecule has 0 aromatic carbocycles. The van der Waals surface area contributed by atoms with E-state index in [9.17, 15) is 14.3 Å². The van der Waals surface area contributed by atoms with Gasteiger partial charge in [-0.05, 0) is 25.7 Å². The quantitative estimate of drug-likeness (QED) is 0.464. The van der Waals surface area contributed by atoms with E-state index in [1.807, 2.05) is 6.92 Å². The molecule has 0 bridgehead atoms. The van der Waals surface area contributed by atoms with Crippen molar-refractivity contribution in [2.45, 2.75) is 51.6 Å². The van der Waals surface area contributed by atoms with Crippen LogP contribution in [0.4, 0.5) is 4.39 Å². The van der Waals surface area contributed by atoms with Crippen LogP contribution in [-0.2, 0) is 4.79 Å². The SMILES string of the molecule is CCCCC(F)CCCC(=O)[O-].[Na+]. The van der Waals surface area contributed by atoms with Crippen LogP contribution < -0.4 is 34.7 Å². The number of carbonyl (C=O) groups excluding carboxylic acids is 1. The Morgan fingerprint density at radius 2 is 1.92 bits per heavy atom. The van der Waals surface area contributed by atoms with Crippen LogP contribution in [0, 0.1) is 0 Å². The third-order valence-electron chi connectivity index (χ3n) is 1.77. The van der Waals surface area contributed by atoms with E-state index < -0.39 is 12.1 Å². The molecule has 0 heterocycles. The summed E-state index contributed by atoms with van der Waals surface area (Å²) in [5, 5.41) is 9.96. The van der Waals surface area contributed by atoms with E-state index in [-0.39, 0.29) is 36.0 Å². The predicted molar refractivity (Wildman–Crippen MR) is 43.3 cm³/mol. The Morgan fingerprint density at radius 1 is 1.38 bits per heavy atom. The molecular weight excluding hydrogens is 182 g/mol. The van der Waals surface area contributed by atoms with E-state index in [1.165, 1.54) is 0 Å². The fourth-order valence-electron chi connectivity index (χ4n) is 1.04. The first-order chi connectivity index (χ1) is 5.66. The number of carbonyl (C=O) groups is 1. The molecule has 0 saturated carbocycles. The smallest absolute Gasteiger partial charge is 0.550 e. The maximum absolute atomic E-state index is 12.8. The molecule has 1 atom stereocenters. The van der Waals surface area contributed by atoms with Crippen molar-refractivity contribution in [3.63, 3.8) is 0 Å². The Bertz CT molecular complexity index is 131. The molecule has 0 aliphatic carbocycles. The van der Waals surface area contributed by atoms with Crippen molar-refractivity contribution in [3.05, 3.63) is 0 Å². The Hall–Kier alpha value is 0.400. The van der Waals surface area contributed by atoms with Crippen LogP contribution in [0.25, 0.3) is 0 Å². The van der Waals surface area contributed by atoms with Crippen molar-refractivity contribution < 1.29 is 43.8 Å². The van der Waals surface area contributed by atoms with E-state index in [0.717, 1.165) is 12.8 Å². The zero-order valence-electron chi connectivity index (χ0n) is 8.51. The Morgan fingerprint density at radius 3 is 2.38 bits per heavy atom. The Labute approximate surface area is 101 Å². The molecule has 1 unspecified atom stereocenters. The maximum Gasteiger partial charge on any atom is 1.00 e. The van der Waals surface area contributed by atoms with Gasteiger partial charge in [0.2, 0.25) is 0 Å². The normalized spacial score (nSPS) is 11.8. The minimum Gasteiger partial charge on any atom is -0.550 e. The van der Waals surface area contributed by atoms with Crippen LogP contribution in [0.3, 0.4) is 0 Å². The second-order valence-electron chi connectivity index (χ2n) is 3.00. The van der Waals surface area contributed by atoms with Crippen LogP contribution in [0.1, 0.15) is 45.4 Å². The summed E-state index contributed by atoms with van der Waals surface area (Å²) in [6.45, 7) is 2.01. The predicted octanol–water partition coefficient (Wildman–Crippen LogP) is -1.56. The van der Waals surface area contributed by atoms with Crippen LogP contribution >= 0.6 is 0 Å². The number of alkyl halides is 1. The molecular formula is C9H16FNaO2. The maximum atomic E-state index is 12.8. The summed E-state index contributed by atoms with van der Waals surface area (Å²) in [7, 11) is 0. The molecule has 72 valence electrons. The number of unbranched alkanes of at least 4 members (excludes halogenated alkanes) is 1. The van der Waals surface area contributed by atoms with Crippen LogP contribution in [-0.4, -0.2) is 12.1 Å². The van der Waals surface area contributed by atoms with E-state index in [1.54, 1.807) is 0 Å². The summed E-state index contributed by atoms with van der Waals surface area (Å²) in [6.07, 6.45) is 2.33. The van der Waals surface area contributed by atoms with Gasteiger partial charge in [0.1, 0.15) is 6.17 Å². The zero-order valence-corrected chi connectivity index (χ0v) is 10.5. The number of hydrogen-bond acceptors (Lipinski definition) is 2. The molecule has 0 saturated heterocycles. The number of halogens is 1. The molecule has 0 fully saturated rings. The number of rotatable bonds is 7. The minimum atomic E-state index is -1.09. The van der Waals surface area contributed by atoms with E-state index in [4.69, 9.17) is 0 Å². The standard InChI is InChI=1S/C9H17FO2.Na/c1-2-3-5-8(10)6-4-7-9(11)12;/h8H,2-7H2,1H3,(H,11,12);/q;+1/p-1. The van der Waals surface area contributed by atoms with Crippen molar-refractivity contribution in [2.24, 2.45) is 0 Å². The van der Waals surface area contributed by atoms with Gasteiger partial charge in [-0.1, -0.05) is 19.8 Å². The molecule has 0 radical (unpaired) electrons. The van der Waals surface area contributed by atoms with Crippen molar-refractivity contribution in [1.82, 2.24) is 0 Å². The largest absolute Gasteiger partial charge is 1.00 e. The number of carboxylic acids is 1. The summed E-state index contributed by atoms with van der Waals surface area (Å²) in [6, 6.07) is 0. The molecule has 0 aliphatic heterocycles. The summed E-state index contributed by atoms with van der Waals surface area (Å²) < 4.78 is 12.8. The van der Waals surface area contributed by atoms with Crippen LogP contribution in [0.2, 0.25) is 0 Å². The molecule has 0 aliphatic rings. The summed E-state index contributed by atoms with van der Waals surface area (Å²) in [5.41, 5.74) is 0. The first kappa shape index (κ1) is 15.9. The van der Waals surface area contributed by atoms with Crippen molar-refractivity contribution in [1.29, 1.82) is 0 Å². The van der Waals surface area contributed by atoms with E-state index >= 15 is 0 Å². The van der Waals surface area contributed by atoms with Gasteiger partial charge >= 0.3 is 29.6 Å². The van der Waals surface area contributed by atoms with E-state index in [2.05, 4.69) is 0 Å². The first-order valence-electron chi connectivity index (χ1n) is 4.50. The average molecular weight is 198 g/mol. The summed E-state index contributed by atoms with van der Waals surface area (Å²) in [5.74, 6) is -1.09. The van der Waals surface area contributed by atoms with Gasteiger partial charge in [0, 0.05) is 5.97 Å². The summed E-state index contributed by atoms with van der Waals surface area (Å²) in [4.78, 5) is 9.96. The van der Waals surface area contributed by atoms with Gasteiger partial charge in [0.15, 0.2) is 0 Å². The van der Waals surface area contributed by atoms with Gasteiger partial charge in [-0.15, -0.1) is 0 Å². The topological polar surface area (TPSA) is 40.1 Å². The van der Waals surface area contributed by atoms with E-state index in [0.29, 0.717) is 19.3 Å². The van der Waals surface area contributed by atoms with Gasteiger partial charge in [0.05, 0.1) is 0 Å². The molecule has 0 aromatic heterocycles. The van der Waals surface area contributed by atoms with Crippen LogP contribution in [0.15, 0.2) is 0 Å². The molecule has 0 amide bonds. The van der Waals surface area contributed by atoms with Gasteiger partial charge in [-0.3, -0.25) is 0 Å². The fourth-order valence-corrected chi connectivity index (χ4v) is 1.04. The minimum absolute atomic E-state index is 0. The molecule has 4 heteroatoms. The molecule has 0 spiro atoms. The first-order valence-corrected chi connectivity index (χ1v) is 4.50. The Kier molecular flexibility index (Phi) is 12.8. The van der Waals surface area contributed by atoms with Gasteiger partial charge in [-0.2, -0.15) is 0 Å². The Balaban J connectivity index is 0. The third kappa shape index (κ3) is 12.4. The molecule has 0 aromatic rings. The second-order valence-corrected chi connectivity index (χ2v) is 3.00. The van der Waals surface area contributed by atoms with Gasteiger partial charge in [0.25, 0.3) is 0 Å². The summed E-state index contributed by atoms with van der Waals surface area (Å²) >= 11 is 0. The van der Waals surface area contributed by atoms with Gasteiger partial charge < -0.3 is 9.90 Å². The zero-order chi connectivity index (χ0) is 9.40. The molecule has 0 rings (SSSR count). The molecule has 2 nitrogen and oxygen atoms in total. The van der Waals surface area contributed by atoms with Crippen LogP contribution in [0.5, 0.6) is 0 Å². The number of hydrogen-bond donors (Lipinski definition) is 0. The number of carboxylic acid groups (broad SMARTS) is 1. The van der Waals surface area contributed by atoms with Gasteiger partial charge in [-0.25, -0.2) is 4.39 Å². The monoisotopic (exact) mass is 198 g/mol. The fraction of sp³-hybridized carbons (Fsp3) is 0.889. The van der Waals surface area contributed by atoms with Crippen molar-refractivity contribution in [2.75, 3.05) is 0 Å².